The van der Waals surface area contributed by atoms with E-state index in [1.54, 1.807) is 0 Å². The molecule has 1 unspecified atom stereocenters. The van der Waals surface area contributed by atoms with Crippen LogP contribution in [0.3, 0.4) is 0 Å². The Balaban J connectivity index is 2.05. The molecule has 2 aromatic carbocycles. The van der Waals surface area contributed by atoms with Crippen LogP contribution in [0.5, 0.6) is 0 Å². The third-order valence-electron chi connectivity index (χ3n) is 4.24. The molecule has 1 aliphatic rings. The molecule has 3 heteroatoms. The van der Waals surface area contributed by atoms with E-state index in [9.17, 15) is 0 Å². The van der Waals surface area contributed by atoms with Crippen LogP contribution in [0, 0.1) is 13.8 Å². The van der Waals surface area contributed by atoms with Gasteiger partial charge < -0.3 is 5.32 Å². The Morgan fingerprint density at radius 3 is 2.27 bits per heavy atom. The highest BCUT2D eigenvalue weighted by atomic mass is 79.9. The highest BCUT2D eigenvalue weighted by Crippen LogP contribution is 2.31. The van der Waals surface area contributed by atoms with Gasteiger partial charge in [-0.05, 0) is 37.1 Å². The Hall–Kier alpha value is -1.16. The molecular weight excluding hydrogens is 336 g/mol. The third kappa shape index (κ3) is 3.60. The van der Waals surface area contributed by atoms with Gasteiger partial charge in [0.05, 0.1) is 6.04 Å². The van der Waals surface area contributed by atoms with Crippen LogP contribution < -0.4 is 5.32 Å². The maximum Gasteiger partial charge on any atom is 0.0603 e. The van der Waals surface area contributed by atoms with Crippen molar-refractivity contribution < 1.29 is 0 Å². The van der Waals surface area contributed by atoms with E-state index in [-0.39, 0.29) is 0 Å². The lowest BCUT2D eigenvalue weighted by atomic mass is 9.94. The van der Waals surface area contributed by atoms with Gasteiger partial charge in [-0.1, -0.05) is 57.4 Å². The SMILES string of the molecule is Cc1cc(C)cc(C(c2cccc(Br)c2)N2CCNCC2)c1. The van der Waals surface area contributed by atoms with Gasteiger partial charge in [-0.15, -0.1) is 0 Å². The van der Waals surface area contributed by atoms with Crippen molar-refractivity contribution in [1.29, 1.82) is 0 Å². The van der Waals surface area contributed by atoms with E-state index in [2.05, 4.69) is 82.5 Å². The number of halogens is 1. The standard InChI is InChI=1S/C19H23BrN2/c1-14-10-15(2)12-17(11-14)19(22-8-6-21-7-9-22)16-4-3-5-18(20)13-16/h3-5,10-13,19,21H,6-9H2,1-2H3. The Morgan fingerprint density at radius 2 is 1.64 bits per heavy atom. The number of nitrogens with zero attached hydrogens (tertiary/aromatic N) is 1. The molecule has 0 aliphatic carbocycles. The van der Waals surface area contributed by atoms with Crippen molar-refractivity contribution in [2.24, 2.45) is 0 Å². The van der Waals surface area contributed by atoms with Gasteiger partial charge >= 0.3 is 0 Å². The lowest BCUT2D eigenvalue weighted by Gasteiger charge is -2.36. The minimum Gasteiger partial charge on any atom is -0.314 e. The first-order valence-electron chi connectivity index (χ1n) is 7.92. The molecule has 1 aliphatic heterocycles. The molecule has 0 saturated carbocycles. The summed E-state index contributed by atoms with van der Waals surface area (Å²) in [4.78, 5) is 2.59. The lowest BCUT2D eigenvalue weighted by Crippen LogP contribution is -2.45. The van der Waals surface area contributed by atoms with E-state index >= 15 is 0 Å². The van der Waals surface area contributed by atoms with Crippen LogP contribution in [0.4, 0.5) is 0 Å². The second kappa shape index (κ2) is 6.95. The Kier molecular flexibility index (Phi) is 4.97. The molecule has 1 fully saturated rings. The van der Waals surface area contributed by atoms with Crippen LogP contribution in [0.15, 0.2) is 46.9 Å². The van der Waals surface area contributed by atoms with Gasteiger partial charge in [-0.2, -0.15) is 0 Å². The summed E-state index contributed by atoms with van der Waals surface area (Å²) in [6.45, 7) is 8.68. The zero-order valence-electron chi connectivity index (χ0n) is 13.3. The summed E-state index contributed by atoms with van der Waals surface area (Å²) in [6, 6.07) is 16.0. The van der Waals surface area contributed by atoms with E-state index in [0.29, 0.717) is 6.04 Å². The van der Waals surface area contributed by atoms with Crippen LogP contribution in [0.2, 0.25) is 0 Å². The van der Waals surface area contributed by atoms with Gasteiger partial charge in [0.15, 0.2) is 0 Å². The van der Waals surface area contributed by atoms with Crippen molar-refractivity contribution in [1.82, 2.24) is 10.2 Å². The molecule has 2 aromatic rings. The van der Waals surface area contributed by atoms with Crippen molar-refractivity contribution in [3.63, 3.8) is 0 Å². The summed E-state index contributed by atoms with van der Waals surface area (Å²) in [7, 11) is 0. The first-order valence-corrected chi connectivity index (χ1v) is 8.71. The summed E-state index contributed by atoms with van der Waals surface area (Å²) in [5, 5.41) is 3.46. The van der Waals surface area contributed by atoms with E-state index in [4.69, 9.17) is 0 Å². The summed E-state index contributed by atoms with van der Waals surface area (Å²) >= 11 is 3.63. The molecule has 0 radical (unpaired) electrons. The Labute approximate surface area is 141 Å². The first kappa shape index (κ1) is 15.7. The molecule has 1 N–H and O–H groups in total. The monoisotopic (exact) mass is 358 g/mol. The van der Waals surface area contributed by atoms with Crippen molar-refractivity contribution in [2.45, 2.75) is 19.9 Å². The summed E-state index contributed by atoms with van der Waals surface area (Å²) < 4.78 is 1.15. The number of hydrogen-bond donors (Lipinski definition) is 1. The fourth-order valence-electron chi connectivity index (χ4n) is 3.40. The van der Waals surface area contributed by atoms with Crippen molar-refractivity contribution in [2.75, 3.05) is 26.2 Å². The maximum atomic E-state index is 3.63. The molecule has 1 heterocycles. The fourth-order valence-corrected chi connectivity index (χ4v) is 3.82. The fraction of sp³-hybridized carbons (Fsp3) is 0.368. The summed E-state index contributed by atoms with van der Waals surface area (Å²) in [5.41, 5.74) is 5.44. The topological polar surface area (TPSA) is 15.3 Å². The summed E-state index contributed by atoms with van der Waals surface area (Å²) in [5.74, 6) is 0. The second-order valence-corrected chi connectivity index (χ2v) is 7.08. The third-order valence-corrected chi connectivity index (χ3v) is 4.73. The molecule has 1 atom stereocenters. The van der Waals surface area contributed by atoms with Crippen molar-refractivity contribution in [3.05, 3.63) is 69.2 Å². The Morgan fingerprint density at radius 1 is 0.955 bits per heavy atom. The average Bonchev–Trinajstić information content (AvgIpc) is 2.48. The van der Waals surface area contributed by atoms with E-state index in [0.717, 1.165) is 30.7 Å². The summed E-state index contributed by atoms with van der Waals surface area (Å²) in [6.07, 6.45) is 0. The highest BCUT2D eigenvalue weighted by Gasteiger charge is 2.24. The molecule has 0 bridgehead atoms. The number of aryl methyl sites for hydroxylation is 2. The second-order valence-electron chi connectivity index (χ2n) is 6.16. The van der Waals surface area contributed by atoms with Gasteiger partial charge in [-0.25, -0.2) is 0 Å². The van der Waals surface area contributed by atoms with Crippen molar-refractivity contribution in [3.8, 4) is 0 Å². The molecule has 22 heavy (non-hydrogen) atoms. The van der Waals surface area contributed by atoms with Crippen LogP contribution in [0.25, 0.3) is 0 Å². The van der Waals surface area contributed by atoms with Gasteiger partial charge in [0.1, 0.15) is 0 Å². The molecular formula is C19H23BrN2. The van der Waals surface area contributed by atoms with Gasteiger partial charge in [0.25, 0.3) is 0 Å². The molecule has 0 amide bonds. The predicted octanol–water partition coefficient (Wildman–Crippen LogP) is 4.06. The van der Waals surface area contributed by atoms with Gasteiger partial charge in [0, 0.05) is 30.7 Å². The Bertz CT molecular complexity index is 627. The maximum absolute atomic E-state index is 3.63. The van der Waals surface area contributed by atoms with Crippen molar-refractivity contribution >= 4 is 15.9 Å². The minimum absolute atomic E-state index is 0.332. The molecule has 1 saturated heterocycles. The molecule has 116 valence electrons. The van der Waals surface area contributed by atoms with E-state index < -0.39 is 0 Å². The quantitative estimate of drug-likeness (QED) is 0.889. The predicted molar refractivity (Wildman–Crippen MR) is 96.3 cm³/mol. The molecule has 0 aromatic heterocycles. The number of rotatable bonds is 3. The number of nitrogens with one attached hydrogen (secondary N) is 1. The number of piperazine rings is 1. The number of hydrogen-bond acceptors (Lipinski definition) is 2. The van der Waals surface area contributed by atoms with Crippen LogP contribution in [0.1, 0.15) is 28.3 Å². The highest BCUT2D eigenvalue weighted by molar-refractivity contribution is 9.10. The van der Waals surface area contributed by atoms with E-state index in [1.165, 1.54) is 22.3 Å². The normalized spacial score (nSPS) is 17.4. The van der Waals surface area contributed by atoms with Crippen LogP contribution >= 0.6 is 15.9 Å². The average molecular weight is 359 g/mol. The number of benzene rings is 2. The van der Waals surface area contributed by atoms with Gasteiger partial charge in [-0.3, -0.25) is 4.90 Å². The largest absolute Gasteiger partial charge is 0.314 e. The molecule has 2 nitrogen and oxygen atoms in total. The lowest BCUT2D eigenvalue weighted by molar-refractivity contribution is 0.198. The van der Waals surface area contributed by atoms with E-state index in [1.807, 2.05) is 0 Å². The minimum atomic E-state index is 0.332. The zero-order valence-corrected chi connectivity index (χ0v) is 14.9. The molecule has 3 rings (SSSR count). The van der Waals surface area contributed by atoms with Crippen LogP contribution in [-0.4, -0.2) is 31.1 Å². The van der Waals surface area contributed by atoms with Crippen LogP contribution in [-0.2, 0) is 0 Å². The first-order chi connectivity index (χ1) is 10.6. The smallest absolute Gasteiger partial charge is 0.0603 e. The van der Waals surface area contributed by atoms with Gasteiger partial charge in [0.2, 0.25) is 0 Å². The molecule has 0 spiro atoms. The zero-order chi connectivity index (χ0) is 15.5.